The van der Waals surface area contributed by atoms with Gasteiger partial charge in [0, 0.05) is 17.8 Å². The molecule has 0 spiro atoms. The van der Waals surface area contributed by atoms with Gasteiger partial charge in [-0.05, 0) is 37.0 Å². The van der Waals surface area contributed by atoms with Crippen LogP contribution in [0.5, 0.6) is 0 Å². The molecule has 1 aromatic carbocycles. The Balaban J connectivity index is 1.82. The fourth-order valence-electron chi connectivity index (χ4n) is 3.98. The number of furan rings is 1. The number of allylic oxidation sites excluding steroid dienone is 2. The molecule has 116 valence electrons. The molecule has 1 heterocycles. The number of hydrogen-bond donors (Lipinski definition) is 0. The van der Waals surface area contributed by atoms with E-state index in [9.17, 15) is 0 Å². The van der Waals surface area contributed by atoms with E-state index in [0.717, 1.165) is 17.9 Å². The Morgan fingerprint density at radius 1 is 1.05 bits per heavy atom. The van der Waals surface area contributed by atoms with Gasteiger partial charge in [0.25, 0.3) is 0 Å². The van der Waals surface area contributed by atoms with Crippen molar-refractivity contribution in [3.05, 3.63) is 71.2 Å². The van der Waals surface area contributed by atoms with Crippen LogP contribution < -0.4 is 0 Å². The molecule has 1 nitrogen and oxygen atoms in total. The molecule has 2 unspecified atom stereocenters. The lowest BCUT2D eigenvalue weighted by Crippen LogP contribution is -1.99. The van der Waals surface area contributed by atoms with E-state index in [0.29, 0.717) is 5.92 Å². The van der Waals surface area contributed by atoms with Crippen LogP contribution in [0.4, 0.5) is 0 Å². The van der Waals surface area contributed by atoms with Crippen molar-refractivity contribution in [2.24, 2.45) is 10.8 Å². The van der Waals surface area contributed by atoms with Crippen molar-refractivity contribution in [2.75, 3.05) is 0 Å². The van der Waals surface area contributed by atoms with Gasteiger partial charge in [-0.2, -0.15) is 0 Å². The third-order valence-electron chi connectivity index (χ3n) is 5.40. The summed E-state index contributed by atoms with van der Waals surface area (Å²) < 4.78 is 6.19. The predicted molar refractivity (Wildman–Crippen MR) is 92.0 cm³/mol. The molecule has 1 aliphatic carbocycles. The highest BCUT2D eigenvalue weighted by Gasteiger charge is 2.68. The Hall–Kier alpha value is -1.76. The molecule has 0 amide bonds. The van der Waals surface area contributed by atoms with Crippen LogP contribution in [0.3, 0.4) is 0 Å². The van der Waals surface area contributed by atoms with Gasteiger partial charge in [0.15, 0.2) is 0 Å². The predicted octanol–water partition coefficient (Wildman–Crippen LogP) is 5.97. The summed E-state index contributed by atoms with van der Waals surface area (Å²) in [4.78, 5) is 0. The summed E-state index contributed by atoms with van der Waals surface area (Å²) in [5.74, 6) is 2.67. The van der Waals surface area contributed by atoms with Crippen molar-refractivity contribution in [1.29, 1.82) is 0 Å². The maximum atomic E-state index is 6.19. The molecule has 1 aromatic heterocycles. The minimum Gasteiger partial charge on any atom is -0.465 e. The minimum absolute atomic E-state index is 0.202. The summed E-state index contributed by atoms with van der Waals surface area (Å²) in [6, 6.07) is 14.8. The second kappa shape index (κ2) is 5.15. The summed E-state index contributed by atoms with van der Waals surface area (Å²) in [5.41, 5.74) is 3.14. The fourth-order valence-corrected chi connectivity index (χ4v) is 3.98. The van der Waals surface area contributed by atoms with Crippen LogP contribution >= 0.6 is 0 Å². The molecule has 2 aromatic rings. The van der Waals surface area contributed by atoms with Gasteiger partial charge in [0.05, 0.1) is 0 Å². The van der Waals surface area contributed by atoms with Crippen LogP contribution in [0.2, 0.25) is 0 Å². The van der Waals surface area contributed by atoms with Gasteiger partial charge in [-0.25, -0.2) is 0 Å². The molecule has 2 atom stereocenters. The number of rotatable bonds is 4. The normalized spacial score (nSPS) is 25.8. The molecule has 0 N–H and O–H groups in total. The molecule has 0 bridgehead atoms. The lowest BCUT2D eigenvalue weighted by Gasteiger charge is -2.08. The number of hydrogen-bond acceptors (Lipinski definition) is 1. The highest BCUT2D eigenvalue weighted by Crippen LogP contribution is 2.75. The molecule has 1 heteroatoms. The van der Waals surface area contributed by atoms with Crippen LogP contribution in [0, 0.1) is 10.8 Å². The average molecular weight is 294 g/mol. The first-order valence-electron chi connectivity index (χ1n) is 8.13. The van der Waals surface area contributed by atoms with Crippen molar-refractivity contribution in [3.63, 3.8) is 0 Å². The van der Waals surface area contributed by atoms with E-state index >= 15 is 0 Å². The lowest BCUT2D eigenvalue weighted by atomic mass is 9.96. The average Bonchev–Trinajstić information content (AvgIpc) is 2.76. The van der Waals surface area contributed by atoms with Gasteiger partial charge < -0.3 is 4.42 Å². The largest absolute Gasteiger partial charge is 0.465 e. The minimum atomic E-state index is 0.202. The Morgan fingerprint density at radius 2 is 1.73 bits per heavy atom. The molecule has 0 radical (unpaired) electrons. The number of benzene rings is 1. The maximum absolute atomic E-state index is 6.19. The zero-order chi connectivity index (χ0) is 16.0. The summed E-state index contributed by atoms with van der Waals surface area (Å²) in [7, 11) is 0. The van der Waals surface area contributed by atoms with E-state index < -0.39 is 0 Å². The first-order valence-corrected chi connectivity index (χ1v) is 8.13. The van der Waals surface area contributed by atoms with Crippen LogP contribution in [-0.4, -0.2) is 0 Å². The zero-order valence-electron chi connectivity index (χ0n) is 14.3. The standard InChI is InChI=1S/C21H26O/c1-15(2)14-21(5)19(20(21,3)4)18-12-11-17(22-18)13-16-9-7-6-8-10-16/h6-12,14,19H,13H2,1-5H3. The Labute approximate surface area is 134 Å². The van der Waals surface area contributed by atoms with E-state index in [4.69, 9.17) is 4.42 Å². The van der Waals surface area contributed by atoms with Crippen molar-refractivity contribution in [2.45, 2.75) is 47.0 Å². The Kier molecular flexibility index (Phi) is 3.55. The summed E-state index contributed by atoms with van der Waals surface area (Å²) in [5, 5.41) is 0. The second-order valence-corrected chi connectivity index (χ2v) is 7.63. The molecule has 1 fully saturated rings. The smallest absolute Gasteiger partial charge is 0.108 e. The highest BCUT2D eigenvalue weighted by atomic mass is 16.3. The summed E-state index contributed by atoms with van der Waals surface area (Å²) >= 11 is 0. The van der Waals surface area contributed by atoms with Crippen molar-refractivity contribution in [3.8, 4) is 0 Å². The molecule has 1 saturated carbocycles. The van der Waals surface area contributed by atoms with Crippen LogP contribution in [-0.2, 0) is 6.42 Å². The van der Waals surface area contributed by atoms with Crippen LogP contribution in [0.25, 0.3) is 0 Å². The molecule has 0 aliphatic heterocycles. The van der Waals surface area contributed by atoms with Gasteiger partial charge in [-0.15, -0.1) is 0 Å². The van der Waals surface area contributed by atoms with Gasteiger partial charge in [0.1, 0.15) is 11.5 Å². The summed E-state index contributed by atoms with van der Waals surface area (Å²) in [6.07, 6.45) is 3.28. The van der Waals surface area contributed by atoms with E-state index in [-0.39, 0.29) is 10.8 Å². The molecule has 0 saturated heterocycles. The monoisotopic (exact) mass is 294 g/mol. The topological polar surface area (TPSA) is 13.1 Å². The van der Waals surface area contributed by atoms with Gasteiger partial charge >= 0.3 is 0 Å². The Morgan fingerprint density at radius 3 is 2.36 bits per heavy atom. The lowest BCUT2D eigenvalue weighted by molar-refractivity contribution is 0.453. The van der Waals surface area contributed by atoms with E-state index in [1.54, 1.807) is 0 Å². The first kappa shape index (κ1) is 15.1. The van der Waals surface area contributed by atoms with Crippen LogP contribution in [0.1, 0.15) is 57.6 Å². The van der Waals surface area contributed by atoms with E-state index in [2.05, 4.69) is 83.2 Å². The Bertz CT molecular complexity index is 686. The van der Waals surface area contributed by atoms with E-state index in [1.165, 1.54) is 11.1 Å². The first-order chi connectivity index (χ1) is 10.3. The van der Waals surface area contributed by atoms with Crippen molar-refractivity contribution in [1.82, 2.24) is 0 Å². The van der Waals surface area contributed by atoms with E-state index in [1.807, 2.05) is 0 Å². The van der Waals surface area contributed by atoms with Crippen molar-refractivity contribution >= 4 is 0 Å². The van der Waals surface area contributed by atoms with Gasteiger partial charge in [0.2, 0.25) is 0 Å². The molecular weight excluding hydrogens is 268 g/mol. The third kappa shape index (κ3) is 2.43. The van der Waals surface area contributed by atoms with Crippen molar-refractivity contribution < 1.29 is 4.42 Å². The van der Waals surface area contributed by atoms with Crippen LogP contribution in [0.15, 0.2) is 58.5 Å². The highest BCUT2D eigenvalue weighted by molar-refractivity contribution is 5.37. The fraction of sp³-hybridized carbons (Fsp3) is 0.429. The molecule has 1 aliphatic rings. The van der Waals surface area contributed by atoms with Gasteiger partial charge in [-0.1, -0.05) is 62.8 Å². The SMILES string of the molecule is CC(C)=CC1(C)C(c2ccc(Cc3ccccc3)o2)C1(C)C. The zero-order valence-corrected chi connectivity index (χ0v) is 14.3. The molecular formula is C21H26O. The summed E-state index contributed by atoms with van der Waals surface area (Å²) in [6.45, 7) is 11.4. The maximum Gasteiger partial charge on any atom is 0.108 e. The third-order valence-corrected chi connectivity index (χ3v) is 5.40. The quantitative estimate of drug-likeness (QED) is 0.633. The molecule has 22 heavy (non-hydrogen) atoms. The molecule has 3 rings (SSSR count). The second-order valence-electron chi connectivity index (χ2n) is 7.63. The van der Waals surface area contributed by atoms with Gasteiger partial charge in [-0.3, -0.25) is 0 Å².